The van der Waals surface area contributed by atoms with E-state index in [0.29, 0.717) is 0 Å². The van der Waals surface area contributed by atoms with Gasteiger partial charge in [0.05, 0.1) is 13.2 Å². The van der Waals surface area contributed by atoms with Gasteiger partial charge >= 0.3 is 0 Å². The molecule has 0 aliphatic carbocycles. The van der Waals surface area contributed by atoms with Crippen molar-refractivity contribution >= 4 is 0 Å². The van der Waals surface area contributed by atoms with E-state index in [1.807, 2.05) is 0 Å². The summed E-state index contributed by atoms with van der Waals surface area (Å²) in [5, 5.41) is 0. The molecule has 1 aliphatic heterocycles. The lowest BCUT2D eigenvalue weighted by molar-refractivity contribution is -0.0425. The van der Waals surface area contributed by atoms with E-state index in [2.05, 4.69) is 6.92 Å². The van der Waals surface area contributed by atoms with Crippen molar-refractivity contribution in [3.63, 3.8) is 0 Å². The number of hydrogen-bond donors (Lipinski definition) is 1. The molecule has 2 nitrogen and oxygen atoms in total. The van der Waals surface area contributed by atoms with E-state index < -0.39 is 0 Å². The fourth-order valence-electron chi connectivity index (χ4n) is 1.63. The zero-order valence-electron chi connectivity index (χ0n) is 7.38. The normalized spacial score (nSPS) is 21.3. The highest BCUT2D eigenvalue weighted by Crippen LogP contribution is 2.22. The summed E-state index contributed by atoms with van der Waals surface area (Å²) in [5.41, 5.74) is 5.65. The zero-order valence-corrected chi connectivity index (χ0v) is 7.38. The third kappa shape index (κ3) is 2.80. The van der Waals surface area contributed by atoms with Crippen molar-refractivity contribution in [2.24, 2.45) is 17.6 Å². The predicted octanol–water partition coefficient (Wildman–Crippen LogP) is 1.40. The van der Waals surface area contributed by atoms with Gasteiger partial charge in [-0.15, -0.1) is 0 Å². The van der Waals surface area contributed by atoms with Crippen LogP contribution in [0.15, 0.2) is 0 Å². The molecule has 0 aromatic rings. The molecule has 2 N–H and O–H groups in total. The monoisotopic (exact) mass is 157 g/mol. The maximum Gasteiger partial charge on any atom is 0.0516 e. The van der Waals surface area contributed by atoms with Crippen LogP contribution in [0.4, 0.5) is 0 Å². The summed E-state index contributed by atoms with van der Waals surface area (Å²) in [6.07, 6.45) is 3.83. The van der Waals surface area contributed by atoms with E-state index in [4.69, 9.17) is 10.5 Å². The molecule has 11 heavy (non-hydrogen) atoms. The van der Waals surface area contributed by atoms with E-state index in [0.717, 1.165) is 31.6 Å². The highest BCUT2D eigenvalue weighted by molar-refractivity contribution is 4.71. The summed E-state index contributed by atoms with van der Waals surface area (Å²) in [7, 11) is 0. The molecule has 1 atom stereocenters. The summed E-state index contributed by atoms with van der Waals surface area (Å²) in [6, 6.07) is 0. The standard InChI is InChI=1S/C9H19NO/c1-2-3-8(5-10)4-9-6-11-7-9/h8-9H,2-7,10H2,1H3. The summed E-state index contributed by atoms with van der Waals surface area (Å²) < 4.78 is 5.12. The Kier molecular flexibility index (Phi) is 3.87. The number of nitrogens with two attached hydrogens (primary N) is 1. The summed E-state index contributed by atoms with van der Waals surface area (Å²) >= 11 is 0. The molecule has 0 saturated carbocycles. The molecule has 1 saturated heterocycles. The topological polar surface area (TPSA) is 35.2 Å². The van der Waals surface area contributed by atoms with Crippen molar-refractivity contribution in [1.82, 2.24) is 0 Å². The Morgan fingerprint density at radius 1 is 1.55 bits per heavy atom. The highest BCUT2D eigenvalue weighted by Gasteiger charge is 2.21. The van der Waals surface area contributed by atoms with Crippen LogP contribution >= 0.6 is 0 Å². The molecule has 1 heterocycles. The fourth-order valence-corrected chi connectivity index (χ4v) is 1.63. The van der Waals surface area contributed by atoms with Crippen molar-refractivity contribution in [2.45, 2.75) is 26.2 Å². The minimum atomic E-state index is 0.744. The molecule has 1 aliphatic rings. The second kappa shape index (κ2) is 4.73. The van der Waals surface area contributed by atoms with Crippen molar-refractivity contribution in [2.75, 3.05) is 19.8 Å². The van der Waals surface area contributed by atoms with Gasteiger partial charge in [-0.25, -0.2) is 0 Å². The summed E-state index contributed by atoms with van der Waals surface area (Å²) in [6.45, 7) is 5.02. The Hall–Kier alpha value is -0.0800. The van der Waals surface area contributed by atoms with Crippen molar-refractivity contribution < 1.29 is 4.74 Å². The van der Waals surface area contributed by atoms with Crippen LogP contribution in [0.3, 0.4) is 0 Å². The third-order valence-corrected chi connectivity index (χ3v) is 2.40. The van der Waals surface area contributed by atoms with Crippen LogP contribution in [0.1, 0.15) is 26.2 Å². The molecule has 2 heteroatoms. The first-order valence-corrected chi connectivity index (χ1v) is 4.64. The van der Waals surface area contributed by atoms with Gasteiger partial charge in [0.15, 0.2) is 0 Å². The van der Waals surface area contributed by atoms with Gasteiger partial charge < -0.3 is 10.5 Å². The lowest BCUT2D eigenvalue weighted by Gasteiger charge is -2.29. The number of hydrogen-bond acceptors (Lipinski definition) is 2. The molecule has 0 spiro atoms. The number of rotatable bonds is 5. The van der Waals surface area contributed by atoms with Gasteiger partial charge in [-0.1, -0.05) is 13.3 Å². The minimum absolute atomic E-state index is 0.744. The van der Waals surface area contributed by atoms with Gasteiger partial charge in [0.1, 0.15) is 0 Å². The average Bonchev–Trinajstić information content (AvgIpc) is 1.94. The van der Waals surface area contributed by atoms with Crippen molar-refractivity contribution in [1.29, 1.82) is 0 Å². The first-order chi connectivity index (χ1) is 5.36. The zero-order chi connectivity index (χ0) is 8.10. The largest absolute Gasteiger partial charge is 0.381 e. The van der Waals surface area contributed by atoms with Gasteiger partial charge in [-0.05, 0) is 25.3 Å². The molecule has 1 fully saturated rings. The summed E-state index contributed by atoms with van der Waals surface area (Å²) in [4.78, 5) is 0. The number of ether oxygens (including phenoxy) is 1. The van der Waals surface area contributed by atoms with Crippen LogP contribution < -0.4 is 5.73 Å². The second-order valence-electron chi connectivity index (χ2n) is 3.53. The van der Waals surface area contributed by atoms with Gasteiger partial charge in [-0.2, -0.15) is 0 Å². The Labute approximate surface area is 69.1 Å². The maximum absolute atomic E-state index is 5.65. The molecule has 1 unspecified atom stereocenters. The first-order valence-electron chi connectivity index (χ1n) is 4.64. The van der Waals surface area contributed by atoms with Crippen LogP contribution in [0.5, 0.6) is 0 Å². The third-order valence-electron chi connectivity index (χ3n) is 2.40. The molecular formula is C9H19NO. The van der Waals surface area contributed by atoms with E-state index in [1.54, 1.807) is 0 Å². The van der Waals surface area contributed by atoms with Crippen LogP contribution in [-0.4, -0.2) is 19.8 Å². The molecule has 1 rings (SSSR count). The molecule has 0 bridgehead atoms. The molecule has 0 amide bonds. The SMILES string of the molecule is CCCC(CN)CC1COC1. The maximum atomic E-state index is 5.65. The summed E-state index contributed by atoms with van der Waals surface area (Å²) in [5.74, 6) is 1.56. The van der Waals surface area contributed by atoms with Crippen molar-refractivity contribution in [3.05, 3.63) is 0 Å². The van der Waals surface area contributed by atoms with Crippen LogP contribution in [0, 0.1) is 11.8 Å². The quantitative estimate of drug-likeness (QED) is 0.654. The van der Waals surface area contributed by atoms with E-state index in [-0.39, 0.29) is 0 Å². The Morgan fingerprint density at radius 3 is 2.64 bits per heavy atom. The molecule has 0 aromatic carbocycles. The van der Waals surface area contributed by atoms with Crippen LogP contribution in [-0.2, 0) is 4.74 Å². The second-order valence-corrected chi connectivity index (χ2v) is 3.53. The highest BCUT2D eigenvalue weighted by atomic mass is 16.5. The fraction of sp³-hybridized carbons (Fsp3) is 1.00. The van der Waals surface area contributed by atoms with E-state index in [1.165, 1.54) is 19.3 Å². The predicted molar refractivity (Wildman–Crippen MR) is 46.4 cm³/mol. The molecule has 66 valence electrons. The van der Waals surface area contributed by atoms with E-state index in [9.17, 15) is 0 Å². The minimum Gasteiger partial charge on any atom is -0.381 e. The van der Waals surface area contributed by atoms with Crippen LogP contribution in [0.2, 0.25) is 0 Å². The molecule has 0 radical (unpaired) electrons. The smallest absolute Gasteiger partial charge is 0.0516 e. The Morgan fingerprint density at radius 2 is 2.27 bits per heavy atom. The lowest BCUT2D eigenvalue weighted by Crippen LogP contribution is -2.31. The molecule has 0 aromatic heterocycles. The van der Waals surface area contributed by atoms with E-state index >= 15 is 0 Å². The van der Waals surface area contributed by atoms with Gasteiger partial charge in [-0.3, -0.25) is 0 Å². The van der Waals surface area contributed by atoms with Gasteiger partial charge in [0.25, 0.3) is 0 Å². The van der Waals surface area contributed by atoms with Gasteiger partial charge in [0, 0.05) is 5.92 Å². The first kappa shape index (κ1) is 9.01. The van der Waals surface area contributed by atoms with Gasteiger partial charge in [0.2, 0.25) is 0 Å². The Balaban J connectivity index is 2.08. The van der Waals surface area contributed by atoms with Crippen molar-refractivity contribution in [3.8, 4) is 0 Å². The Bertz CT molecular complexity index is 102. The average molecular weight is 157 g/mol. The molecular weight excluding hydrogens is 138 g/mol. The van der Waals surface area contributed by atoms with Crippen LogP contribution in [0.25, 0.3) is 0 Å². The lowest BCUT2D eigenvalue weighted by atomic mass is 9.90.